The van der Waals surface area contributed by atoms with Gasteiger partial charge in [-0.15, -0.1) is 0 Å². The number of nitrogens with zero attached hydrogens (tertiary/aromatic N) is 1. The van der Waals surface area contributed by atoms with Crippen molar-refractivity contribution in [2.45, 2.75) is 55.5 Å². The lowest BCUT2D eigenvalue weighted by atomic mass is 9.95. The van der Waals surface area contributed by atoms with Gasteiger partial charge in [0.15, 0.2) is 0 Å². The average molecular weight is 336 g/mol. The molecule has 2 atom stereocenters. The van der Waals surface area contributed by atoms with E-state index < -0.39 is 0 Å². The highest BCUT2D eigenvalue weighted by Gasteiger charge is 2.27. The molecule has 1 aliphatic rings. The Bertz CT molecular complexity index is 704. The molecule has 0 amide bonds. The van der Waals surface area contributed by atoms with E-state index in [-0.39, 0.29) is 0 Å². The fourth-order valence-corrected chi connectivity index (χ4v) is 4.60. The maximum Gasteiger partial charge on any atom is 0.113 e. The Morgan fingerprint density at radius 1 is 1.08 bits per heavy atom. The Hall–Kier alpha value is -1.39. The van der Waals surface area contributed by atoms with E-state index in [4.69, 9.17) is 7.85 Å². The van der Waals surface area contributed by atoms with Crippen molar-refractivity contribution >= 4 is 36.4 Å². The minimum atomic E-state index is 0.415. The summed E-state index contributed by atoms with van der Waals surface area (Å²) in [6.45, 7) is 7.78. The van der Waals surface area contributed by atoms with Crippen molar-refractivity contribution in [1.29, 1.82) is 0 Å². The molecule has 124 valence electrons. The van der Waals surface area contributed by atoms with Crippen molar-refractivity contribution < 1.29 is 0 Å². The predicted molar refractivity (Wildman–Crippen MR) is 106 cm³/mol. The van der Waals surface area contributed by atoms with Crippen molar-refractivity contribution in [3.05, 3.63) is 42.5 Å². The van der Waals surface area contributed by atoms with E-state index in [1.807, 2.05) is 17.8 Å². The number of para-hydroxylation sites is 1. The van der Waals surface area contributed by atoms with Gasteiger partial charge in [-0.25, -0.2) is 0 Å². The number of fused-ring (bicyclic) bond motifs is 2. The third-order valence-corrected chi connectivity index (χ3v) is 5.75. The predicted octanol–water partition coefficient (Wildman–Crippen LogP) is 4.25. The van der Waals surface area contributed by atoms with Crippen LogP contribution in [0.5, 0.6) is 0 Å². The molecule has 1 aliphatic heterocycles. The van der Waals surface area contributed by atoms with Crippen LogP contribution in [0, 0.1) is 0 Å². The lowest BCUT2D eigenvalue weighted by Crippen LogP contribution is -2.38. The van der Waals surface area contributed by atoms with Crippen LogP contribution in [-0.4, -0.2) is 26.5 Å². The summed E-state index contributed by atoms with van der Waals surface area (Å²) < 4.78 is 0. The summed E-state index contributed by atoms with van der Waals surface area (Å²) in [5.41, 5.74) is 3.40. The SMILES string of the molecule is [B]c1ccc2c(c1)Sc1ccccc1N2C(C)CC(CC)NCC. The van der Waals surface area contributed by atoms with Gasteiger partial charge in [0.25, 0.3) is 0 Å². The maximum absolute atomic E-state index is 6.02. The summed E-state index contributed by atoms with van der Waals surface area (Å²) in [6, 6.07) is 15.9. The molecule has 2 radical (unpaired) electrons. The van der Waals surface area contributed by atoms with Crippen LogP contribution in [0.3, 0.4) is 0 Å². The third-order valence-electron chi connectivity index (χ3n) is 4.64. The molecule has 0 aromatic heterocycles. The standard InChI is InChI=1S/C20H25BN2S/c1-4-16(22-5-2)12-14(3)23-17-8-6-7-9-19(17)24-20-13-15(21)10-11-18(20)23/h6-11,13-14,16,22H,4-5,12H2,1-3H3. The average Bonchev–Trinajstić information content (AvgIpc) is 2.58. The van der Waals surface area contributed by atoms with E-state index in [9.17, 15) is 0 Å². The first-order valence-electron chi connectivity index (χ1n) is 8.83. The molecule has 1 N–H and O–H groups in total. The van der Waals surface area contributed by atoms with Crippen LogP contribution < -0.4 is 15.7 Å². The van der Waals surface area contributed by atoms with Crippen LogP contribution in [0.25, 0.3) is 0 Å². The molecule has 1 heterocycles. The van der Waals surface area contributed by atoms with E-state index in [1.165, 1.54) is 21.2 Å². The van der Waals surface area contributed by atoms with E-state index in [0.29, 0.717) is 12.1 Å². The smallest absolute Gasteiger partial charge is 0.113 e. The van der Waals surface area contributed by atoms with Crippen molar-refractivity contribution in [3.63, 3.8) is 0 Å². The van der Waals surface area contributed by atoms with Crippen LogP contribution in [0.4, 0.5) is 11.4 Å². The van der Waals surface area contributed by atoms with Gasteiger partial charge in [0.05, 0.1) is 11.4 Å². The van der Waals surface area contributed by atoms with E-state index >= 15 is 0 Å². The van der Waals surface area contributed by atoms with Crippen LogP contribution >= 0.6 is 11.8 Å². The van der Waals surface area contributed by atoms with Crippen LogP contribution in [0.15, 0.2) is 52.3 Å². The molecule has 24 heavy (non-hydrogen) atoms. The molecule has 2 unspecified atom stereocenters. The first-order valence-corrected chi connectivity index (χ1v) is 9.64. The second-order valence-corrected chi connectivity index (χ2v) is 7.50. The number of rotatable bonds is 6. The molecule has 2 aromatic rings. The van der Waals surface area contributed by atoms with Crippen LogP contribution in [0.1, 0.15) is 33.6 Å². The molecule has 0 saturated heterocycles. The largest absolute Gasteiger partial charge is 0.337 e. The minimum absolute atomic E-state index is 0.415. The molecule has 0 bridgehead atoms. The Kier molecular flexibility index (Phi) is 5.57. The summed E-state index contributed by atoms with van der Waals surface area (Å²) in [5.74, 6) is 0. The number of hydrogen-bond donors (Lipinski definition) is 1. The topological polar surface area (TPSA) is 15.3 Å². The Labute approximate surface area is 151 Å². The molecule has 0 spiro atoms. The zero-order valence-electron chi connectivity index (χ0n) is 14.8. The summed E-state index contributed by atoms with van der Waals surface area (Å²) >= 11 is 1.82. The Morgan fingerprint density at radius 3 is 2.58 bits per heavy atom. The minimum Gasteiger partial charge on any atom is -0.337 e. The molecule has 2 aromatic carbocycles. The molecule has 4 heteroatoms. The summed E-state index contributed by atoms with van der Waals surface area (Å²) in [4.78, 5) is 5.04. The molecule has 3 rings (SSSR count). The van der Waals surface area contributed by atoms with Gasteiger partial charge in [0.2, 0.25) is 0 Å². The number of benzene rings is 2. The van der Waals surface area contributed by atoms with Crippen molar-refractivity contribution in [3.8, 4) is 0 Å². The lowest BCUT2D eigenvalue weighted by Gasteiger charge is -2.38. The number of nitrogens with one attached hydrogen (secondary N) is 1. The fraction of sp³-hybridized carbons (Fsp3) is 0.400. The van der Waals surface area contributed by atoms with Gasteiger partial charge in [-0.05, 0) is 44.5 Å². The van der Waals surface area contributed by atoms with Gasteiger partial charge < -0.3 is 10.2 Å². The zero-order valence-corrected chi connectivity index (χ0v) is 15.6. The first-order chi connectivity index (χ1) is 11.6. The second-order valence-electron chi connectivity index (χ2n) is 6.41. The third kappa shape index (κ3) is 3.50. The highest BCUT2D eigenvalue weighted by molar-refractivity contribution is 7.99. The van der Waals surface area contributed by atoms with E-state index in [2.05, 4.69) is 67.4 Å². The molecule has 0 fully saturated rings. The monoisotopic (exact) mass is 336 g/mol. The van der Waals surface area contributed by atoms with Gasteiger partial charge in [-0.2, -0.15) is 0 Å². The summed E-state index contributed by atoms with van der Waals surface area (Å²) in [7, 11) is 6.02. The van der Waals surface area contributed by atoms with Gasteiger partial charge in [0.1, 0.15) is 7.85 Å². The zero-order chi connectivity index (χ0) is 17.1. The summed E-state index contributed by atoms with van der Waals surface area (Å²) in [5, 5.41) is 3.61. The molecule has 2 nitrogen and oxygen atoms in total. The highest BCUT2D eigenvalue weighted by atomic mass is 32.2. The van der Waals surface area contributed by atoms with E-state index in [0.717, 1.165) is 24.8 Å². The van der Waals surface area contributed by atoms with Crippen LogP contribution in [-0.2, 0) is 0 Å². The van der Waals surface area contributed by atoms with Crippen molar-refractivity contribution in [2.75, 3.05) is 11.4 Å². The molecular weight excluding hydrogens is 311 g/mol. The van der Waals surface area contributed by atoms with Crippen LogP contribution in [0.2, 0.25) is 0 Å². The Balaban J connectivity index is 1.97. The number of anilines is 2. The Morgan fingerprint density at radius 2 is 1.83 bits per heavy atom. The van der Waals surface area contributed by atoms with E-state index in [1.54, 1.807) is 0 Å². The van der Waals surface area contributed by atoms with Gasteiger partial charge in [0, 0.05) is 21.9 Å². The quantitative estimate of drug-likeness (QED) is 0.794. The molecular formula is C20H25BN2S. The maximum atomic E-state index is 6.02. The fourth-order valence-electron chi connectivity index (χ4n) is 3.48. The summed E-state index contributed by atoms with van der Waals surface area (Å²) in [6.07, 6.45) is 2.27. The van der Waals surface area contributed by atoms with Gasteiger partial charge >= 0.3 is 0 Å². The number of hydrogen-bond acceptors (Lipinski definition) is 3. The molecule has 0 aliphatic carbocycles. The van der Waals surface area contributed by atoms with Gasteiger partial charge in [-0.1, -0.05) is 55.3 Å². The normalized spacial score (nSPS) is 15.5. The van der Waals surface area contributed by atoms with Crippen molar-refractivity contribution in [2.24, 2.45) is 0 Å². The first kappa shape index (κ1) is 17.4. The van der Waals surface area contributed by atoms with Crippen molar-refractivity contribution in [1.82, 2.24) is 5.32 Å². The second kappa shape index (κ2) is 7.67. The lowest BCUT2D eigenvalue weighted by molar-refractivity contribution is 0.444. The molecule has 0 saturated carbocycles. The van der Waals surface area contributed by atoms with Gasteiger partial charge in [-0.3, -0.25) is 0 Å². The highest BCUT2D eigenvalue weighted by Crippen LogP contribution is 2.48.